The molecular formula is C25H25NO2S. The maximum Gasteiger partial charge on any atom is 0.314 e. The minimum absolute atomic E-state index is 0.159. The minimum Gasteiger partial charge on any atom is -0.459 e. The quantitative estimate of drug-likeness (QED) is 0.368. The summed E-state index contributed by atoms with van der Waals surface area (Å²) in [5, 5.41) is 4.45. The van der Waals surface area contributed by atoms with Gasteiger partial charge in [0, 0.05) is 11.1 Å². The van der Waals surface area contributed by atoms with Gasteiger partial charge in [-0.2, -0.15) is 0 Å². The third-order valence-corrected chi connectivity index (χ3v) is 6.37. The lowest BCUT2D eigenvalue weighted by atomic mass is 9.92. The maximum atomic E-state index is 13.1. The molecule has 0 saturated carbocycles. The van der Waals surface area contributed by atoms with E-state index in [0.717, 1.165) is 27.9 Å². The van der Waals surface area contributed by atoms with Crippen molar-refractivity contribution in [3.8, 4) is 0 Å². The van der Waals surface area contributed by atoms with Crippen molar-refractivity contribution in [2.75, 3.05) is 0 Å². The van der Waals surface area contributed by atoms with Crippen LogP contribution in [0.2, 0.25) is 0 Å². The molecule has 4 rings (SSSR count). The summed E-state index contributed by atoms with van der Waals surface area (Å²) in [6.45, 7) is 4.42. The van der Waals surface area contributed by atoms with Crippen LogP contribution in [0, 0.1) is 5.92 Å². The van der Waals surface area contributed by atoms with E-state index in [0.29, 0.717) is 0 Å². The molecule has 2 aromatic heterocycles. The Hall–Kier alpha value is -2.85. The van der Waals surface area contributed by atoms with Crippen LogP contribution in [0.5, 0.6) is 0 Å². The number of hydrogen-bond donors (Lipinski definition) is 1. The molecule has 2 heterocycles. The van der Waals surface area contributed by atoms with E-state index in [1.165, 1.54) is 10.9 Å². The summed E-state index contributed by atoms with van der Waals surface area (Å²) in [6.07, 6.45) is 2.73. The summed E-state index contributed by atoms with van der Waals surface area (Å²) < 4.78 is 5.80. The van der Waals surface area contributed by atoms with Gasteiger partial charge in [0.15, 0.2) is 0 Å². The van der Waals surface area contributed by atoms with Crippen LogP contribution in [-0.2, 0) is 22.6 Å². The second-order valence-electron chi connectivity index (χ2n) is 7.66. The molecule has 4 heteroatoms. The first-order chi connectivity index (χ1) is 14.1. The number of carbonyl (C=O) groups is 1. The number of benzene rings is 2. The zero-order chi connectivity index (χ0) is 20.2. The van der Waals surface area contributed by atoms with E-state index in [4.69, 9.17) is 4.74 Å². The van der Waals surface area contributed by atoms with Gasteiger partial charge in [0.2, 0.25) is 0 Å². The van der Waals surface area contributed by atoms with Crippen molar-refractivity contribution in [3.05, 3.63) is 93.9 Å². The Kier molecular flexibility index (Phi) is 5.81. The average Bonchev–Trinajstić information content (AvgIpc) is 3.34. The predicted molar refractivity (Wildman–Crippen MR) is 119 cm³/mol. The van der Waals surface area contributed by atoms with Gasteiger partial charge in [0.05, 0.1) is 11.6 Å². The number of carbonyl (C=O) groups excluding carboxylic acids is 1. The molecule has 0 bridgehead atoms. The SMILES string of the molecule is CC(C)C(C(=O)OCc1[nH]ccc1Cc1ccccc1)c1scc2ccccc12. The summed E-state index contributed by atoms with van der Waals surface area (Å²) in [5.41, 5.74) is 3.36. The Morgan fingerprint density at radius 2 is 1.79 bits per heavy atom. The third kappa shape index (κ3) is 4.28. The number of ether oxygens (including phenoxy) is 1. The lowest BCUT2D eigenvalue weighted by Crippen LogP contribution is -2.20. The smallest absolute Gasteiger partial charge is 0.314 e. The number of rotatable bonds is 7. The Morgan fingerprint density at radius 3 is 2.59 bits per heavy atom. The highest BCUT2D eigenvalue weighted by Crippen LogP contribution is 2.37. The maximum absolute atomic E-state index is 13.1. The van der Waals surface area contributed by atoms with Crippen LogP contribution in [-0.4, -0.2) is 11.0 Å². The fourth-order valence-electron chi connectivity index (χ4n) is 3.72. The lowest BCUT2D eigenvalue weighted by Gasteiger charge is -2.19. The second-order valence-corrected chi connectivity index (χ2v) is 8.57. The molecule has 29 heavy (non-hydrogen) atoms. The summed E-state index contributed by atoms with van der Waals surface area (Å²) in [6, 6.07) is 20.6. The highest BCUT2D eigenvalue weighted by atomic mass is 32.1. The lowest BCUT2D eigenvalue weighted by molar-refractivity contribution is -0.148. The first kappa shape index (κ1) is 19.5. The number of aromatic nitrogens is 1. The van der Waals surface area contributed by atoms with Crippen molar-refractivity contribution in [3.63, 3.8) is 0 Å². The summed E-state index contributed by atoms with van der Waals surface area (Å²) in [5.74, 6) is -0.253. The van der Waals surface area contributed by atoms with E-state index in [-0.39, 0.29) is 24.4 Å². The van der Waals surface area contributed by atoms with Crippen molar-refractivity contribution in [1.29, 1.82) is 0 Å². The second kappa shape index (κ2) is 8.66. The molecule has 0 aliphatic rings. The van der Waals surface area contributed by atoms with Crippen LogP contribution in [0.1, 0.15) is 41.5 Å². The number of hydrogen-bond acceptors (Lipinski definition) is 3. The normalized spacial score (nSPS) is 12.4. The van der Waals surface area contributed by atoms with Crippen molar-refractivity contribution >= 4 is 28.1 Å². The number of thiophene rings is 1. The zero-order valence-corrected chi connectivity index (χ0v) is 17.5. The molecule has 4 aromatic rings. The highest BCUT2D eigenvalue weighted by molar-refractivity contribution is 7.11. The zero-order valence-electron chi connectivity index (χ0n) is 16.7. The molecular weight excluding hydrogens is 378 g/mol. The fraction of sp³-hybridized carbons (Fsp3) is 0.240. The Balaban J connectivity index is 1.49. The van der Waals surface area contributed by atoms with E-state index in [9.17, 15) is 4.79 Å². The number of esters is 1. The minimum atomic E-state index is -0.257. The van der Waals surface area contributed by atoms with Crippen molar-refractivity contribution in [2.24, 2.45) is 5.92 Å². The molecule has 2 aromatic carbocycles. The Morgan fingerprint density at radius 1 is 1.03 bits per heavy atom. The molecule has 0 spiro atoms. The molecule has 0 fully saturated rings. The molecule has 0 aliphatic heterocycles. The molecule has 1 atom stereocenters. The number of H-pyrrole nitrogens is 1. The topological polar surface area (TPSA) is 42.1 Å². The van der Waals surface area contributed by atoms with Gasteiger partial charge < -0.3 is 9.72 Å². The van der Waals surface area contributed by atoms with E-state index in [1.54, 1.807) is 11.3 Å². The van der Waals surface area contributed by atoms with Crippen LogP contribution in [0.3, 0.4) is 0 Å². The van der Waals surface area contributed by atoms with E-state index in [1.807, 2.05) is 36.5 Å². The van der Waals surface area contributed by atoms with E-state index in [2.05, 4.69) is 54.5 Å². The summed E-state index contributed by atoms with van der Waals surface area (Å²) in [4.78, 5) is 17.4. The van der Waals surface area contributed by atoms with Crippen molar-refractivity contribution in [1.82, 2.24) is 4.98 Å². The van der Waals surface area contributed by atoms with Crippen LogP contribution >= 0.6 is 11.3 Å². The summed E-state index contributed by atoms with van der Waals surface area (Å²) in [7, 11) is 0. The van der Waals surface area contributed by atoms with Crippen LogP contribution in [0.15, 0.2) is 72.2 Å². The predicted octanol–water partition coefficient (Wildman–Crippen LogP) is 6.30. The van der Waals surface area contributed by atoms with Gasteiger partial charge in [-0.05, 0) is 45.7 Å². The molecule has 0 radical (unpaired) electrons. The van der Waals surface area contributed by atoms with Gasteiger partial charge >= 0.3 is 5.97 Å². The number of nitrogens with one attached hydrogen (secondary N) is 1. The van der Waals surface area contributed by atoms with Crippen LogP contribution < -0.4 is 0 Å². The first-order valence-corrected chi connectivity index (χ1v) is 10.8. The average molecular weight is 404 g/mol. The highest BCUT2D eigenvalue weighted by Gasteiger charge is 2.29. The fourth-order valence-corrected chi connectivity index (χ4v) is 5.01. The molecule has 1 unspecified atom stereocenters. The van der Waals surface area contributed by atoms with E-state index < -0.39 is 0 Å². The number of fused-ring (bicyclic) bond motifs is 1. The van der Waals surface area contributed by atoms with Gasteiger partial charge in [-0.1, -0.05) is 68.4 Å². The van der Waals surface area contributed by atoms with Gasteiger partial charge in [0.25, 0.3) is 0 Å². The van der Waals surface area contributed by atoms with Gasteiger partial charge in [-0.3, -0.25) is 4.79 Å². The molecule has 0 amide bonds. The van der Waals surface area contributed by atoms with Crippen LogP contribution in [0.4, 0.5) is 0 Å². The van der Waals surface area contributed by atoms with Gasteiger partial charge in [-0.25, -0.2) is 0 Å². The third-order valence-electron chi connectivity index (χ3n) is 5.27. The van der Waals surface area contributed by atoms with Gasteiger partial charge in [0.1, 0.15) is 6.61 Å². The Labute approximate surface area is 175 Å². The number of aromatic amines is 1. The first-order valence-electron chi connectivity index (χ1n) is 9.95. The molecule has 3 nitrogen and oxygen atoms in total. The van der Waals surface area contributed by atoms with Gasteiger partial charge in [-0.15, -0.1) is 11.3 Å². The standard InChI is InChI=1S/C25H25NO2S/c1-17(2)23(24-21-11-7-6-10-20(21)16-29-24)25(27)28-15-22-19(12-13-26-22)14-18-8-4-3-5-9-18/h3-13,16-17,23,26H,14-15H2,1-2H3. The molecule has 1 N–H and O–H groups in total. The van der Waals surface area contributed by atoms with Crippen molar-refractivity contribution in [2.45, 2.75) is 32.8 Å². The van der Waals surface area contributed by atoms with Crippen molar-refractivity contribution < 1.29 is 9.53 Å². The largest absolute Gasteiger partial charge is 0.459 e. The molecule has 0 aliphatic carbocycles. The van der Waals surface area contributed by atoms with Crippen LogP contribution in [0.25, 0.3) is 10.8 Å². The molecule has 148 valence electrons. The Bertz CT molecular complexity index is 1090. The molecule has 0 saturated heterocycles. The monoisotopic (exact) mass is 403 g/mol. The summed E-state index contributed by atoms with van der Waals surface area (Å²) >= 11 is 1.65. The van der Waals surface area contributed by atoms with E-state index >= 15 is 0 Å².